The molecule has 5 heteroatoms. The number of nitrogens with zero attached hydrogens (tertiary/aromatic N) is 2. The summed E-state index contributed by atoms with van der Waals surface area (Å²) in [6.45, 7) is 16.8. The lowest BCUT2D eigenvalue weighted by molar-refractivity contribution is 0.0650. The minimum Gasteiger partial charge on any atom is -0.456 e. The molecular weight excluding hydrogens is 508 g/mol. The summed E-state index contributed by atoms with van der Waals surface area (Å²) in [6.07, 6.45) is 11.9. The monoisotopic (exact) mass is 562 g/mol. The molecule has 1 amide bonds. The van der Waals surface area contributed by atoms with Crippen molar-refractivity contribution >= 4 is 5.91 Å². The molecule has 1 aromatic heterocycles. The van der Waals surface area contributed by atoms with Gasteiger partial charge in [0.15, 0.2) is 5.76 Å². The minimum absolute atomic E-state index is 0.0504. The van der Waals surface area contributed by atoms with Crippen molar-refractivity contribution in [2.45, 2.75) is 110 Å². The lowest BCUT2D eigenvalue weighted by atomic mass is 9.62. The van der Waals surface area contributed by atoms with Crippen LogP contribution in [0.2, 0.25) is 0 Å². The summed E-state index contributed by atoms with van der Waals surface area (Å²) in [5, 5.41) is 9.14. The first-order chi connectivity index (χ1) is 19.6. The molecular formula is C36H54N2O3. The number of aliphatic hydroxyl groups excluding tert-OH is 1. The maximum absolute atomic E-state index is 13.3. The molecule has 5 nitrogen and oxygen atoms in total. The predicted octanol–water partition coefficient (Wildman–Crippen LogP) is 7.25. The fourth-order valence-electron chi connectivity index (χ4n) is 7.65. The number of amides is 1. The average Bonchev–Trinajstić information content (AvgIpc) is 3.42. The third-order valence-corrected chi connectivity index (χ3v) is 10.8. The van der Waals surface area contributed by atoms with Crippen LogP contribution < -0.4 is 0 Å². The van der Waals surface area contributed by atoms with E-state index in [1.807, 2.05) is 17.0 Å². The van der Waals surface area contributed by atoms with Crippen molar-refractivity contribution in [1.29, 1.82) is 0 Å². The van der Waals surface area contributed by atoms with E-state index in [-0.39, 0.29) is 23.3 Å². The molecule has 2 aliphatic heterocycles. The molecule has 0 atom stereocenters. The van der Waals surface area contributed by atoms with E-state index in [1.54, 1.807) is 0 Å². The van der Waals surface area contributed by atoms with Gasteiger partial charge in [-0.1, -0.05) is 59.1 Å². The number of rotatable bonds is 9. The molecule has 3 heterocycles. The van der Waals surface area contributed by atoms with Gasteiger partial charge in [-0.25, -0.2) is 0 Å². The largest absolute Gasteiger partial charge is 0.456 e. The first-order valence-electron chi connectivity index (χ1n) is 16.4. The molecule has 2 saturated heterocycles. The Morgan fingerprint density at radius 1 is 0.902 bits per heavy atom. The molecule has 0 spiro atoms. The smallest absolute Gasteiger partial charge is 0.289 e. The van der Waals surface area contributed by atoms with E-state index in [4.69, 9.17) is 9.52 Å². The van der Waals surface area contributed by atoms with Crippen LogP contribution in [-0.2, 0) is 17.3 Å². The van der Waals surface area contributed by atoms with E-state index in [1.165, 1.54) is 67.2 Å². The molecule has 0 bridgehead atoms. The maximum Gasteiger partial charge on any atom is 0.289 e. The molecule has 2 aromatic rings. The zero-order valence-electron chi connectivity index (χ0n) is 26.4. The summed E-state index contributed by atoms with van der Waals surface area (Å²) < 4.78 is 6.17. The van der Waals surface area contributed by atoms with Crippen LogP contribution in [0, 0.1) is 18.8 Å². The number of fused-ring (bicyclic) bond motifs is 1. The highest BCUT2D eigenvalue weighted by atomic mass is 16.4. The van der Waals surface area contributed by atoms with E-state index in [9.17, 15) is 4.79 Å². The van der Waals surface area contributed by atoms with E-state index in [0.717, 1.165) is 69.6 Å². The minimum atomic E-state index is 0.0504. The van der Waals surface area contributed by atoms with Crippen molar-refractivity contribution in [1.82, 2.24) is 9.80 Å². The summed E-state index contributed by atoms with van der Waals surface area (Å²) in [6, 6.07) is 8.71. The standard InChI is InChI=1S/C36H54N2O3/c1-26-23-31-32(36(4,5)16-15-35(31,2)3)25-29(26)24-30-9-10-33(41-30)34(40)38-19-13-28(14-20-38)8-6-7-27-11-17-37(18-12-27)21-22-39/h9-10,23,25,27-28,39H,6-8,11-22,24H2,1-5H3. The fraction of sp³-hybridized carbons (Fsp3) is 0.694. The van der Waals surface area contributed by atoms with Gasteiger partial charge in [0.1, 0.15) is 5.76 Å². The van der Waals surface area contributed by atoms with Gasteiger partial charge in [0.05, 0.1) is 6.61 Å². The van der Waals surface area contributed by atoms with E-state index in [2.05, 4.69) is 51.7 Å². The molecule has 0 unspecified atom stereocenters. The molecule has 0 radical (unpaired) electrons. The van der Waals surface area contributed by atoms with Crippen LogP contribution in [0.15, 0.2) is 28.7 Å². The highest BCUT2D eigenvalue weighted by Gasteiger charge is 2.37. The molecule has 0 saturated carbocycles. The van der Waals surface area contributed by atoms with Crippen LogP contribution in [-0.4, -0.2) is 60.1 Å². The second-order valence-electron chi connectivity index (χ2n) is 14.7. The number of carbonyl (C=O) groups is 1. The van der Waals surface area contributed by atoms with Gasteiger partial charge in [-0.05, 0) is 116 Å². The summed E-state index contributed by atoms with van der Waals surface area (Å²) in [4.78, 5) is 17.7. The van der Waals surface area contributed by atoms with Crippen LogP contribution in [0.1, 0.15) is 124 Å². The Labute approximate surface area is 248 Å². The molecule has 41 heavy (non-hydrogen) atoms. The van der Waals surface area contributed by atoms with Crippen molar-refractivity contribution in [3.8, 4) is 0 Å². The van der Waals surface area contributed by atoms with Crippen LogP contribution in [0.5, 0.6) is 0 Å². The van der Waals surface area contributed by atoms with Crippen LogP contribution in [0.25, 0.3) is 0 Å². The Balaban J connectivity index is 1.10. The van der Waals surface area contributed by atoms with Crippen LogP contribution in [0.3, 0.4) is 0 Å². The van der Waals surface area contributed by atoms with E-state index in [0.29, 0.717) is 5.76 Å². The topological polar surface area (TPSA) is 56.9 Å². The second kappa shape index (κ2) is 12.6. The lowest BCUT2D eigenvalue weighted by Crippen LogP contribution is -2.38. The van der Waals surface area contributed by atoms with Gasteiger partial charge in [-0.15, -0.1) is 0 Å². The summed E-state index contributed by atoms with van der Waals surface area (Å²) in [5.41, 5.74) is 5.98. The molecule has 5 rings (SSSR count). The quantitative estimate of drug-likeness (QED) is 0.350. The predicted molar refractivity (Wildman–Crippen MR) is 167 cm³/mol. The first-order valence-corrected chi connectivity index (χ1v) is 16.4. The molecule has 226 valence electrons. The van der Waals surface area contributed by atoms with Gasteiger partial charge in [0, 0.05) is 26.1 Å². The maximum atomic E-state index is 13.3. The number of aliphatic hydroxyl groups is 1. The van der Waals surface area contributed by atoms with Gasteiger partial charge in [0.2, 0.25) is 0 Å². The molecule has 1 aromatic carbocycles. The number of β-amino-alcohol motifs (C(OH)–C–C–N with tert-alkyl or cyclic N) is 1. The summed E-state index contributed by atoms with van der Waals surface area (Å²) >= 11 is 0. The number of likely N-dealkylation sites (tertiary alicyclic amines) is 2. The third-order valence-electron chi connectivity index (χ3n) is 10.8. The highest BCUT2D eigenvalue weighted by Crippen LogP contribution is 2.46. The summed E-state index contributed by atoms with van der Waals surface area (Å²) in [7, 11) is 0. The zero-order valence-corrected chi connectivity index (χ0v) is 26.4. The van der Waals surface area contributed by atoms with Crippen LogP contribution >= 0.6 is 0 Å². The molecule has 1 aliphatic carbocycles. The van der Waals surface area contributed by atoms with Gasteiger partial charge >= 0.3 is 0 Å². The van der Waals surface area contributed by atoms with Crippen molar-refractivity contribution in [3.63, 3.8) is 0 Å². The van der Waals surface area contributed by atoms with Crippen LogP contribution in [0.4, 0.5) is 0 Å². The summed E-state index contributed by atoms with van der Waals surface area (Å²) in [5.74, 6) is 3.00. The van der Waals surface area contributed by atoms with Gasteiger partial charge in [0.25, 0.3) is 5.91 Å². The normalized spacial score (nSPS) is 21.7. The Bertz CT molecular complexity index is 1180. The number of aryl methyl sites for hydroxylation is 1. The first kappa shape index (κ1) is 30.4. The number of benzene rings is 1. The lowest BCUT2D eigenvalue weighted by Gasteiger charge is -2.42. The van der Waals surface area contributed by atoms with Crippen molar-refractivity contribution in [2.24, 2.45) is 11.8 Å². The van der Waals surface area contributed by atoms with Gasteiger partial charge in [-0.2, -0.15) is 0 Å². The number of furan rings is 1. The van der Waals surface area contributed by atoms with E-state index < -0.39 is 0 Å². The average molecular weight is 563 g/mol. The van der Waals surface area contributed by atoms with Gasteiger partial charge in [-0.3, -0.25) is 4.79 Å². The van der Waals surface area contributed by atoms with E-state index >= 15 is 0 Å². The Morgan fingerprint density at radius 3 is 2.10 bits per heavy atom. The van der Waals surface area contributed by atoms with Crippen molar-refractivity contribution in [3.05, 3.63) is 58.0 Å². The third kappa shape index (κ3) is 7.10. The second-order valence-corrected chi connectivity index (χ2v) is 14.7. The highest BCUT2D eigenvalue weighted by molar-refractivity contribution is 5.91. The Hall–Kier alpha value is -2.11. The number of hydrogen-bond donors (Lipinski definition) is 1. The van der Waals surface area contributed by atoms with Crippen molar-refractivity contribution in [2.75, 3.05) is 39.3 Å². The number of piperidine rings is 2. The number of carbonyl (C=O) groups excluding carboxylic acids is 1. The molecule has 1 N–H and O–H groups in total. The zero-order chi connectivity index (χ0) is 29.2. The van der Waals surface area contributed by atoms with Gasteiger partial charge < -0.3 is 19.3 Å². The molecule has 2 fully saturated rings. The number of hydrogen-bond acceptors (Lipinski definition) is 4. The molecule has 3 aliphatic rings. The SMILES string of the molecule is Cc1cc2c(cc1Cc1ccc(C(=O)N3CCC(CCCC4CCN(CCO)CC4)CC3)o1)C(C)(C)CCC2(C)C. The van der Waals surface area contributed by atoms with Crippen molar-refractivity contribution < 1.29 is 14.3 Å². The Kier molecular flexibility index (Phi) is 9.35. The Morgan fingerprint density at radius 2 is 1.49 bits per heavy atom. The fourth-order valence-corrected chi connectivity index (χ4v) is 7.65.